The van der Waals surface area contributed by atoms with E-state index in [9.17, 15) is 9.90 Å². The molecule has 2 aromatic rings. The van der Waals surface area contributed by atoms with Gasteiger partial charge in [-0.05, 0) is 61.0 Å². The number of benzene rings is 2. The van der Waals surface area contributed by atoms with Crippen LogP contribution in [0.25, 0.3) is 6.08 Å². The van der Waals surface area contributed by atoms with Crippen molar-refractivity contribution in [1.29, 1.82) is 0 Å². The van der Waals surface area contributed by atoms with Crippen LogP contribution in [0.1, 0.15) is 16.7 Å². The molecule has 1 saturated heterocycles. The molecule has 0 aliphatic carbocycles. The Bertz CT molecular complexity index is 883. The summed E-state index contributed by atoms with van der Waals surface area (Å²) in [5.74, 6) is 0.128. The van der Waals surface area contributed by atoms with E-state index in [1.165, 1.54) is 18.9 Å². The number of methoxy groups -OCH3 is 1. The van der Waals surface area contributed by atoms with E-state index >= 15 is 0 Å². The zero-order valence-corrected chi connectivity index (χ0v) is 15.0. The number of ether oxygens (including phenoxy) is 1. The molecule has 0 radical (unpaired) electrons. The summed E-state index contributed by atoms with van der Waals surface area (Å²) in [5, 5.41) is 13.4. The van der Waals surface area contributed by atoms with E-state index in [1.807, 2.05) is 26.0 Å². The zero-order valence-electron chi connectivity index (χ0n) is 14.2. The number of aromatic hydroxyl groups is 1. The number of aliphatic imine (C=N–C) groups is 1. The summed E-state index contributed by atoms with van der Waals surface area (Å²) in [6.07, 6.45) is 1.63. The number of carbonyl (C=O) groups excluding carboxylic acids is 1. The van der Waals surface area contributed by atoms with Crippen LogP contribution in [0.15, 0.2) is 46.3 Å². The second-order valence-corrected chi connectivity index (χ2v) is 6.76. The van der Waals surface area contributed by atoms with Crippen LogP contribution in [-0.4, -0.2) is 23.3 Å². The standard InChI is InChI=1S/C19H18N2O3S/c1-11-7-12(2)9-14(8-11)20-19-21-18(23)16(25-19)10-13-5-4-6-15(24-3)17(13)22/h4-10,22H,1-3H3,(H,20,21,23)/b16-10-. The molecular weight excluding hydrogens is 336 g/mol. The molecule has 3 rings (SSSR count). The van der Waals surface area contributed by atoms with Crippen molar-refractivity contribution in [2.75, 3.05) is 7.11 Å². The first-order valence-corrected chi connectivity index (χ1v) is 8.52. The van der Waals surface area contributed by atoms with Crippen molar-refractivity contribution in [3.63, 3.8) is 0 Å². The molecule has 6 heteroatoms. The molecule has 0 spiro atoms. The molecule has 0 saturated carbocycles. The lowest BCUT2D eigenvalue weighted by Gasteiger charge is -2.05. The maximum Gasteiger partial charge on any atom is 0.264 e. The van der Waals surface area contributed by atoms with Gasteiger partial charge in [-0.25, -0.2) is 4.99 Å². The van der Waals surface area contributed by atoms with Gasteiger partial charge in [0.25, 0.3) is 5.91 Å². The number of hydrogen-bond donors (Lipinski definition) is 2. The molecule has 2 N–H and O–H groups in total. The smallest absolute Gasteiger partial charge is 0.264 e. The van der Waals surface area contributed by atoms with Crippen molar-refractivity contribution < 1.29 is 14.6 Å². The predicted octanol–water partition coefficient (Wildman–Crippen LogP) is 3.91. The Morgan fingerprint density at radius 1 is 1.20 bits per heavy atom. The van der Waals surface area contributed by atoms with Crippen molar-refractivity contribution in [2.24, 2.45) is 4.99 Å². The highest BCUT2D eigenvalue weighted by molar-refractivity contribution is 8.18. The van der Waals surface area contributed by atoms with Crippen LogP contribution in [0.3, 0.4) is 0 Å². The fourth-order valence-corrected chi connectivity index (χ4v) is 3.41. The number of rotatable bonds is 3. The van der Waals surface area contributed by atoms with Gasteiger partial charge in [-0.2, -0.15) is 0 Å². The first-order valence-electron chi connectivity index (χ1n) is 7.70. The number of amidine groups is 1. The number of para-hydroxylation sites is 1. The average Bonchev–Trinajstić information content (AvgIpc) is 2.87. The molecule has 1 amide bonds. The minimum atomic E-state index is -0.240. The molecule has 2 aromatic carbocycles. The van der Waals surface area contributed by atoms with Gasteiger partial charge in [0, 0.05) is 5.56 Å². The van der Waals surface area contributed by atoms with Gasteiger partial charge in [0.2, 0.25) is 0 Å². The van der Waals surface area contributed by atoms with Crippen molar-refractivity contribution in [3.8, 4) is 11.5 Å². The Hall–Kier alpha value is -2.73. The molecule has 25 heavy (non-hydrogen) atoms. The molecule has 128 valence electrons. The van der Waals surface area contributed by atoms with Crippen LogP contribution in [0, 0.1) is 13.8 Å². The van der Waals surface area contributed by atoms with E-state index in [-0.39, 0.29) is 11.7 Å². The molecule has 1 aliphatic heterocycles. The number of carbonyl (C=O) groups is 1. The van der Waals surface area contributed by atoms with Crippen molar-refractivity contribution in [3.05, 3.63) is 58.0 Å². The zero-order chi connectivity index (χ0) is 18.0. The van der Waals surface area contributed by atoms with Gasteiger partial charge < -0.3 is 15.2 Å². The summed E-state index contributed by atoms with van der Waals surface area (Å²) in [6.45, 7) is 4.02. The largest absolute Gasteiger partial charge is 0.504 e. The lowest BCUT2D eigenvalue weighted by atomic mass is 10.1. The van der Waals surface area contributed by atoms with Crippen LogP contribution in [0.2, 0.25) is 0 Å². The number of thioether (sulfide) groups is 1. The van der Waals surface area contributed by atoms with Gasteiger partial charge in [-0.15, -0.1) is 0 Å². The van der Waals surface area contributed by atoms with Crippen LogP contribution in [0.5, 0.6) is 11.5 Å². The first-order chi connectivity index (χ1) is 12.0. The molecule has 0 aromatic heterocycles. The van der Waals surface area contributed by atoms with Crippen molar-refractivity contribution in [2.45, 2.75) is 13.8 Å². The summed E-state index contributed by atoms with van der Waals surface area (Å²) in [4.78, 5) is 17.1. The summed E-state index contributed by atoms with van der Waals surface area (Å²) >= 11 is 1.24. The second-order valence-electron chi connectivity index (χ2n) is 5.73. The van der Waals surface area contributed by atoms with Gasteiger partial charge in [0.1, 0.15) is 0 Å². The normalized spacial score (nSPS) is 17.2. The quantitative estimate of drug-likeness (QED) is 0.820. The second kappa shape index (κ2) is 7.03. The highest BCUT2D eigenvalue weighted by Crippen LogP contribution is 2.34. The van der Waals surface area contributed by atoms with Gasteiger partial charge >= 0.3 is 0 Å². The Labute approximate surface area is 150 Å². The van der Waals surface area contributed by atoms with Crippen molar-refractivity contribution >= 4 is 34.6 Å². The average molecular weight is 354 g/mol. The molecule has 1 fully saturated rings. The van der Waals surface area contributed by atoms with E-state index < -0.39 is 0 Å². The SMILES string of the molecule is COc1cccc(/C=C2\SC(=Nc3cc(C)cc(C)c3)NC2=O)c1O. The Balaban J connectivity index is 1.89. The third kappa shape index (κ3) is 3.85. The lowest BCUT2D eigenvalue weighted by molar-refractivity contribution is -0.115. The number of amides is 1. The van der Waals surface area contributed by atoms with Crippen LogP contribution in [0.4, 0.5) is 5.69 Å². The van der Waals surface area contributed by atoms with Gasteiger partial charge in [0.05, 0.1) is 17.7 Å². The number of aryl methyl sites for hydroxylation is 2. The van der Waals surface area contributed by atoms with Crippen LogP contribution >= 0.6 is 11.8 Å². The topological polar surface area (TPSA) is 70.9 Å². The molecule has 0 bridgehead atoms. The fraction of sp³-hybridized carbons (Fsp3) is 0.158. The van der Waals surface area contributed by atoms with Crippen LogP contribution < -0.4 is 10.1 Å². The number of phenolic OH excluding ortho intramolecular Hbond substituents is 1. The van der Waals surface area contributed by atoms with E-state index in [2.05, 4.69) is 16.4 Å². The van der Waals surface area contributed by atoms with E-state index in [1.54, 1.807) is 24.3 Å². The summed E-state index contributed by atoms with van der Waals surface area (Å²) in [6, 6.07) is 11.1. The molecule has 0 unspecified atom stereocenters. The fourth-order valence-electron chi connectivity index (χ4n) is 2.57. The number of hydrogen-bond acceptors (Lipinski definition) is 5. The Morgan fingerprint density at radius 3 is 2.60 bits per heavy atom. The number of nitrogens with one attached hydrogen (secondary N) is 1. The minimum Gasteiger partial charge on any atom is -0.504 e. The number of nitrogens with zero attached hydrogens (tertiary/aromatic N) is 1. The summed E-state index contributed by atoms with van der Waals surface area (Å²) in [5.41, 5.74) is 3.55. The molecule has 5 nitrogen and oxygen atoms in total. The highest BCUT2D eigenvalue weighted by Gasteiger charge is 2.24. The maximum absolute atomic E-state index is 12.2. The predicted molar refractivity (Wildman–Crippen MR) is 101 cm³/mol. The van der Waals surface area contributed by atoms with Crippen LogP contribution in [-0.2, 0) is 4.79 Å². The summed E-state index contributed by atoms with van der Waals surface area (Å²) in [7, 11) is 1.48. The monoisotopic (exact) mass is 354 g/mol. The number of phenols is 1. The Kier molecular flexibility index (Phi) is 4.81. The maximum atomic E-state index is 12.2. The first kappa shape index (κ1) is 17.1. The lowest BCUT2D eigenvalue weighted by Crippen LogP contribution is -2.19. The highest BCUT2D eigenvalue weighted by atomic mass is 32.2. The minimum absolute atomic E-state index is 0.00518. The molecule has 0 atom stereocenters. The third-order valence-corrected chi connectivity index (χ3v) is 4.53. The van der Waals surface area contributed by atoms with E-state index in [0.29, 0.717) is 21.4 Å². The van der Waals surface area contributed by atoms with Gasteiger partial charge in [-0.1, -0.05) is 18.2 Å². The molecular formula is C19H18N2O3S. The van der Waals surface area contributed by atoms with E-state index in [4.69, 9.17) is 4.74 Å². The Morgan fingerprint density at radius 2 is 1.92 bits per heavy atom. The van der Waals surface area contributed by atoms with Crippen molar-refractivity contribution in [1.82, 2.24) is 5.32 Å². The molecule has 1 heterocycles. The third-order valence-electron chi connectivity index (χ3n) is 3.62. The summed E-state index contributed by atoms with van der Waals surface area (Å²) < 4.78 is 5.09. The van der Waals surface area contributed by atoms with Gasteiger partial charge in [-0.3, -0.25) is 4.79 Å². The molecule has 1 aliphatic rings. The van der Waals surface area contributed by atoms with E-state index in [0.717, 1.165) is 16.8 Å². The van der Waals surface area contributed by atoms with Gasteiger partial charge in [0.15, 0.2) is 16.7 Å².